The normalized spacial score (nSPS) is 17.5. The minimum atomic E-state index is -0.536. The highest BCUT2D eigenvalue weighted by atomic mass is 16.5. The quantitative estimate of drug-likeness (QED) is 0.587. The molecule has 1 unspecified atom stereocenters. The van der Waals surface area contributed by atoms with Crippen molar-refractivity contribution >= 4 is 5.91 Å². The van der Waals surface area contributed by atoms with Crippen molar-refractivity contribution in [2.45, 2.75) is 18.9 Å². The van der Waals surface area contributed by atoms with Crippen LogP contribution in [0.15, 0.2) is 0 Å². The molecule has 94 valence electrons. The number of hydrogen-bond acceptors (Lipinski definition) is 4. The van der Waals surface area contributed by atoms with Crippen molar-refractivity contribution < 1.29 is 14.6 Å². The molecule has 0 spiro atoms. The summed E-state index contributed by atoms with van der Waals surface area (Å²) in [5.74, 6) is 0.729. The van der Waals surface area contributed by atoms with Gasteiger partial charge in [0.05, 0.1) is 19.3 Å². The van der Waals surface area contributed by atoms with Crippen molar-refractivity contribution in [2.75, 3.05) is 40.4 Å². The highest BCUT2D eigenvalue weighted by molar-refractivity contribution is 5.77. The molecule has 1 aliphatic rings. The van der Waals surface area contributed by atoms with Gasteiger partial charge in [-0.2, -0.15) is 0 Å². The maximum atomic E-state index is 11.5. The Kier molecular flexibility index (Phi) is 5.73. The fraction of sp³-hybridized carbons (Fsp3) is 0.909. The molecule has 0 aromatic carbocycles. The number of aliphatic hydroxyl groups is 1. The van der Waals surface area contributed by atoms with E-state index in [-0.39, 0.29) is 5.91 Å². The summed E-state index contributed by atoms with van der Waals surface area (Å²) in [6.45, 7) is 1.87. The second kappa shape index (κ2) is 6.83. The lowest BCUT2D eigenvalue weighted by Gasteiger charge is -2.19. The maximum absolute atomic E-state index is 11.5. The Bertz CT molecular complexity index is 219. The lowest BCUT2D eigenvalue weighted by Crippen LogP contribution is -2.40. The molecule has 1 amide bonds. The predicted molar refractivity (Wildman–Crippen MR) is 61.1 cm³/mol. The summed E-state index contributed by atoms with van der Waals surface area (Å²) in [6.07, 6.45) is 1.94. The van der Waals surface area contributed by atoms with Crippen LogP contribution >= 0.6 is 0 Å². The van der Waals surface area contributed by atoms with Crippen molar-refractivity contribution in [3.63, 3.8) is 0 Å². The zero-order chi connectivity index (χ0) is 12.0. The van der Waals surface area contributed by atoms with E-state index >= 15 is 0 Å². The molecule has 5 nitrogen and oxygen atoms in total. The van der Waals surface area contributed by atoms with E-state index in [4.69, 9.17) is 4.74 Å². The molecule has 0 saturated heterocycles. The molecule has 1 saturated carbocycles. The Balaban J connectivity index is 2.06. The lowest BCUT2D eigenvalue weighted by molar-refractivity contribution is -0.122. The summed E-state index contributed by atoms with van der Waals surface area (Å²) >= 11 is 0. The van der Waals surface area contributed by atoms with Crippen LogP contribution in [0.1, 0.15) is 12.8 Å². The SMILES string of the molecule is COCC(O)CN(C)CC(=O)NCC1CC1. The van der Waals surface area contributed by atoms with Gasteiger partial charge in [-0.25, -0.2) is 0 Å². The van der Waals surface area contributed by atoms with Crippen molar-refractivity contribution in [3.05, 3.63) is 0 Å². The van der Waals surface area contributed by atoms with Crippen LogP contribution in [0.4, 0.5) is 0 Å². The van der Waals surface area contributed by atoms with Gasteiger partial charge in [0.25, 0.3) is 0 Å². The number of hydrogen-bond donors (Lipinski definition) is 2. The highest BCUT2D eigenvalue weighted by Gasteiger charge is 2.21. The fourth-order valence-corrected chi connectivity index (χ4v) is 1.55. The van der Waals surface area contributed by atoms with Gasteiger partial charge in [-0.1, -0.05) is 0 Å². The minimum absolute atomic E-state index is 0.0269. The third kappa shape index (κ3) is 6.05. The van der Waals surface area contributed by atoms with Gasteiger partial charge >= 0.3 is 0 Å². The number of likely N-dealkylation sites (N-methyl/N-ethyl adjacent to an activating group) is 1. The van der Waals surface area contributed by atoms with E-state index < -0.39 is 6.10 Å². The van der Waals surface area contributed by atoms with Crippen LogP contribution in [-0.4, -0.2) is 62.4 Å². The van der Waals surface area contributed by atoms with Gasteiger partial charge in [0.1, 0.15) is 0 Å². The molecule has 0 bridgehead atoms. The van der Waals surface area contributed by atoms with Crippen LogP contribution in [0.25, 0.3) is 0 Å². The summed E-state index contributed by atoms with van der Waals surface area (Å²) in [4.78, 5) is 13.3. The molecule has 1 rings (SSSR count). The molecule has 16 heavy (non-hydrogen) atoms. The van der Waals surface area contributed by atoms with Gasteiger partial charge in [-0.15, -0.1) is 0 Å². The Hall–Kier alpha value is -0.650. The van der Waals surface area contributed by atoms with Crippen LogP contribution in [0, 0.1) is 5.92 Å². The van der Waals surface area contributed by atoms with Crippen molar-refractivity contribution in [3.8, 4) is 0 Å². The first-order valence-electron chi connectivity index (χ1n) is 5.74. The second-order valence-electron chi connectivity index (χ2n) is 4.55. The van der Waals surface area contributed by atoms with E-state index in [2.05, 4.69) is 5.32 Å². The minimum Gasteiger partial charge on any atom is -0.389 e. The van der Waals surface area contributed by atoms with Gasteiger partial charge in [-0.3, -0.25) is 9.69 Å². The Labute approximate surface area is 96.8 Å². The Morgan fingerprint density at radius 1 is 1.62 bits per heavy atom. The molecule has 0 heterocycles. The molecule has 1 fully saturated rings. The van der Waals surface area contributed by atoms with Gasteiger partial charge in [0.15, 0.2) is 0 Å². The average Bonchev–Trinajstić information content (AvgIpc) is 2.97. The first kappa shape index (κ1) is 13.4. The predicted octanol–water partition coefficient (Wildman–Crippen LogP) is -0.548. The van der Waals surface area contributed by atoms with E-state index in [1.165, 1.54) is 12.8 Å². The molecule has 0 aromatic heterocycles. The number of amides is 1. The molecule has 0 aromatic rings. The van der Waals surface area contributed by atoms with E-state index in [1.807, 2.05) is 7.05 Å². The van der Waals surface area contributed by atoms with Crippen LogP contribution in [0.3, 0.4) is 0 Å². The summed E-state index contributed by atoms with van der Waals surface area (Å²) in [6, 6.07) is 0. The zero-order valence-electron chi connectivity index (χ0n) is 10.1. The first-order chi connectivity index (χ1) is 7.61. The van der Waals surface area contributed by atoms with E-state index in [0.717, 1.165) is 6.54 Å². The topological polar surface area (TPSA) is 61.8 Å². The maximum Gasteiger partial charge on any atom is 0.234 e. The Morgan fingerprint density at radius 3 is 2.88 bits per heavy atom. The number of carbonyl (C=O) groups is 1. The standard InChI is InChI=1S/C11H22N2O3/c1-13(6-10(14)8-16-2)7-11(15)12-5-9-3-4-9/h9-10,14H,3-8H2,1-2H3,(H,12,15). The second-order valence-corrected chi connectivity index (χ2v) is 4.55. The van der Waals surface area contributed by atoms with E-state index in [1.54, 1.807) is 12.0 Å². The lowest BCUT2D eigenvalue weighted by atomic mass is 10.3. The van der Waals surface area contributed by atoms with Crippen LogP contribution in [-0.2, 0) is 9.53 Å². The third-order valence-electron chi connectivity index (χ3n) is 2.58. The van der Waals surface area contributed by atoms with E-state index in [0.29, 0.717) is 25.6 Å². The summed E-state index contributed by atoms with van der Waals surface area (Å²) in [7, 11) is 3.36. The van der Waals surface area contributed by atoms with Gasteiger partial charge in [-0.05, 0) is 25.8 Å². The smallest absolute Gasteiger partial charge is 0.234 e. The fourth-order valence-electron chi connectivity index (χ4n) is 1.55. The third-order valence-corrected chi connectivity index (χ3v) is 2.58. The molecule has 1 aliphatic carbocycles. The molecular weight excluding hydrogens is 208 g/mol. The van der Waals surface area contributed by atoms with Crippen molar-refractivity contribution in [1.29, 1.82) is 0 Å². The summed E-state index contributed by atoms with van der Waals surface area (Å²) in [5, 5.41) is 12.3. The number of rotatable bonds is 8. The number of carbonyl (C=O) groups excluding carboxylic acids is 1. The monoisotopic (exact) mass is 230 g/mol. The number of aliphatic hydroxyl groups excluding tert-OH is 1. The molecule has 2 N–H and O–H groups in total. The first-order valence-corrected chi connectivity index (χ1v) is 5.74. The van der Waals surface area contributed by atoms with E-state index in [9.17, 15) is 9.90 Å². The summed E-state index contributed by atoms with van der Waals surface area (Å²) in [5.41, 5.74) is 0. The number of nitrogens with one attached hydrogen (secondary N) is 1. The number of nitrogens with zero attached hydrogens (tertiary/aromatic N) is 1. The number of ether oxygens (including phenoxy) is 1. The zero-order valence-corrected chi connectivity index (χ0v) is 10.1. The number of methoxy groups -OCH3 is 1. The van der Waals surface area contributed by atoms with Gasteiger partial charge < -0.3 is 15.2 Å². The highest BCUT2D eigenvalue weighted by Crippen LogP contribution is 2.27. The molecule has 0 radical (unpaired) electrons. The van der Waals surface area contributed by atoms with Crippen LogP contribution in [0.5, 0.6) is 0 Å². The van der Waals surface area contributed by atoms with Crippen molar-refractivity contribution in [2.24, 2.45) is 5.92 Å². The molecular formula is C11H22N2O3. The van der Waals surface area contributed by atoms with Crippen molar-refractivity contribution in [1.82, 2.24) is 10.2 Å². The molecule has 1 atom stereocenters. The largest absolute Gasteiger partial charge is 0.389 e. The average molecular weight is 230 g/mol. The molecule has 5 heteroatoms. The van der Waals surface area contributed by atoms with Crippen LogP contribution < -0.4 is 5.32 Å². The summed E-state index contributed by atoms with van der Waals surface area (Å²) < 4.78 is 4.82. The van der Waals surface area contributed by atoms with Gasteiger partial charge in [0.2, 0.25) is 5.91 Å². The molecule has 0 aliphatic heterocycles. The van der Waals surface area contributed by atoms with Crippen LogP contribution in [0.2, 0.25) is 0 Å². The Morgan fingerprint density at radius 2 is 2.31 bits per heavy atom. The van der Waals surface area contributed by atoms with Gasteiger partial charge in [0, 0.05) is 20.2 Å².